The number of hydrogen-bond donors (Lipinski definition) is 3. The predicted octanol–water partition coefficient (Wildman–Crippen LogP) is 5.01. The minimum atomic E-state index is -0.774. The van der Waals surface area contributed by atoms with E-state index in [9.17, 15) is 9.90 Å². The zero-order valence-corrected chi connectivity index (χ0v) is 19.8. The topological polar surface area (TPSA) is 102 Å². The van der Waals surface area contributed by atoms with E-state index in [1.165, 1.54) is 11.3 Å². The number of nitrogens with zero attached hydrogens (tertiary/aromatic N) is 1. The van der Waals surface area contributed by atoms with Crippen LogP contribution >= 0.6 is 11.3 Å². The van der Waals surface area contributed by atoms with E-state index in [0.717, 1.165) is 17.9 Å². The summed E-state index contributed by atoms with van der Waals surface area (Å²) in [5, 5.41) is 17.8. The molecule has 0 saturated carbocycles. The molecule has 1 atom stereocenters. The monoisotopic (exact) mass is 471 g/mol. The number of carbonyl (C=O) groups is 1. The van der Waals surface area contributed by atoms with E-state index in [4.69, 9.17) is 14.2 Å². The van der Waals surface area contributed by atoms with E-state index in [1.54, 1.807) is 38.5 Å². The Morgan fingerprint density at radius 1 is 1.06 bits per heavy atom. The van der Waals surface area contributed by atoms with Gasteiger partial charge in [-0.1, -0.05) is 24.7 Å². The fourth-order valence-corrected chi connectivity index (χ4v) is 3.97. The molecule has 8 nitrogen and oxygen atoms in total. The van der Waals surface area contributed by atoms with Gasteiger partial charge >= 0.3 is 0 Å². The van der Waals surface area contributed by atoms with Gasteiger partial charge < -0.3 is 30.0 Å². The molecule has 0 spiro atoms. The van der Waals surface area contributed by atoms with Crippen LogP contribution in [0.15, 0.2) is 48.5 Å². The maximum atomic E-state index is 12.8. The first-order valence-electron chi connectivity index (χ1n) is 10.7. The molecule has 9 heteroatoms. The van der Waals surface area contributed by atoms with Crippen LogP contribution in [0.5, 0.6) is 11.5 Å². The summed E-state index contributed by atoms with van der Waals surface area (Å²) in [6, 6.07) is 14.3. The second kappa shape index (κ2) is 12.2. The van der Waals surface area contributed by atoms with E-state index < -0.39 is 6.10 Å². The standard InChI is InChI=1S/C24H29N3O5S/c1-4-5-20(28)21-23(27-22(29)16-6-10-18(31-3)11-7-16)33-24(26-21)25-17-8-12-19(13-9-17)32-15-14-30-2/h6-13,20,28H,4-5,14-15H2,1-3H3,(H,25,26)(H,27,29). The van der Waals surface area contributed by atoms with E-state index in [-0.39, 0.29) is 5.91 Å². The van der Waals surface area contributed by atoms with Gasteiger partial charge in [-0.2, -0.15) is 0 Å². The number of hydrogen-bond acceptors (Lipinski definition) is 8. The average Bonchev–Trinajstić information content (AvgIpc) is 3.22. The van der Waals surface area contributed by atoms with Gasteiger partial charge in [-0.3, -0.25) is 4.79 Å². The predicted molar refractivity (Wildman–Crippen MR) is 130 cm³/mol. The number of anilines is 3. The van der Waals surface area contributed by atoms with Gasteiger partial charge in [0.1, 0.15) is 28.8 Å². The molecule has 0 aliphatic heterocycles. The molecule has 0 radical (unpaired) electrons. The lowest BCUT2D eigenvalue weighted by Gasteiger charge is -2.10. The van der Waals surface area contributed by atoms with E-state index in [1.807, 2.05) is 31.2 Å². The van der Waals surface area contributed by atoms with Crippen molar-refractivity contribution in [2.45, 2.75) is 25.9 Å². The van der Waals surface area contributed by atoms with Crippen LogP contribution in [0, 0.1) is 0 Å². The molecule has 2 aromatic carbocycles. The maximum absolute atomic E-state index is 12.8. The Kier molecular flexibility index (Phi) is 9.05. The van der Waals surface area contributed by atoms with Crippen LogP contribution < -0.4 is 20.1 Å². The molecule has 0 aliphatic carbocycles. The van der Waals surface area contributed by atoms with Crippen molar-refractivity contribution in [1.29, 1.82) is 0 Å². The number of ether oxygens (including phenoxy) is 3. The highest BCUT2D eigenvalue weighted by Gasteiger charge is 2.21. The zero-order chi connectivity index (χ0) is 23.6. The maximum Gasteiger partial charge on any atom is 0.256 e. The molecule has 3 rings (SSSR count). The number of aliphatic hydroxyl groups is 1. The second-order valence-electron chi connectivity index (χ2n) is 7.21. The van der Waals surface area contributed by atoms with Gasteiger partial charge in [-0.15, -0.1) is 0 Å². The van der Waals surface area contributed by atoms with Crippen LogP contribution in [0.2, 0.25) is 0 Å². The molecule has 1 heterocycles. The molecule has 0 fully saturated rings. The highest BCUT2D eigenvalue weighted by Crippen LogP contribution is 2.36. The van der Waals surface area contributed by atoms with Gasteiger partial charge in [0.15, 0.2) is 5.13 Å². The zero-order valence-electron chi connectivity index (χ0n) is 19.0. The first kappa shape index (κ1) is 24.5. The minimum absolute atomic E-state index is 0.282. The van der Waals surface area contributed by atoms with Crippen molar-refractivity contribution in [1.82, 2.24) is 4.98 Å². The summed E-state index contributed by atoms with van der Waals surface area (Å²) < 4.78 is 15.7. The second-order valence-corrected chi connectivity index (χ2v) is 8.21. The molecule has 0 bridgehead atoms. The molecule has 3 N–H and O–H groups in total. The van der Waals surface area contributed by atoms with Crippen LogP contribution in [-0.2, 0) is 4.74 Å². The van der Waals surface area contributed by atoms with Crippen molar-refractivity contribution >= 4 is 33.1 Å². The van der Waals surface area contributed by atoms with Crippen LogP contribution in [0.4, 0.5) is 15.8 Å². The highest BCUT2D eigenvalue weighted by atomic mass is 32.1. The highest BCUT2D eigenvalue weighted by molar-refractivity contribution is 7.19. The third-order valence-corrected chi connectivity index (χ3v) is 5.67. The Bertz CT molecular complexity index is 1020. The normalized spacial score (nSPS) is 11.6. The SMILES string of the molecule is CCCC(O)c1nc(Nc2ccc(OCCOC)cc2)sc1NC(=O)c1ccc(OC)cc1. The lowest BCUT2D eigenvalue weighted by molar-refractivity contribution is 0.102. The van der Waals surface area contributed by atoms with Gasteiger partial charge in [0.25, 0.3) is 5.91 Å². The Morgan fingerprint density at radius 2 is 1.76 bits per heavy atom. The lowest BCUT2D eigenvalue weighted by atomic mass is 10.1. The lowest BCUT2D eigenvalue weighted by Crippen LogP contribution is -2.13. The van der Waals surface area contributed by atoms with E-state index in [0.29, 0.717) is 46.8 Å². The summed E-state index contributed by atoms with van der Waals surface area (Å²) in [5.74, 6) is 1.13. The first-order chi connectivity index (χ1) is 16.0. The van der Waals surface area contributed by atoms with E-state index in [2.05, 4.69) is 15.6 Å². The number of aliphatic hydroxyl groups excluding tert-OH is 1. The number of carbonyl (C=O) groups excluding carboxylic acids is 1. The Labute approximate surface area is 197 Å². The number of thiazole rings is 1. The fraction of sp³-hybridized carbons (Fsp3) is 0.333. The number of methoxy groups -OCH3 is 2. The van der Waals surface area contributed by atoms with Crippen LogP contribution in [-0.4, -0.2) is 43.4 Å². The molecule has 0 aliphatic rings. The van der Waals surface area contributed by atoms with Crippen molar-refractivity contribution in [3.8, 4) is 11.5 Å². The third kappa shape index (κ3) is 6.92. The van der Waals surface area contributed by atoms with Crippen LogP contribution in [0.25, 0.3) is 0 Å². The average molecular weight is 472 g/mol. The van der Waals surface area contributed by atoms with Crippen molar-refractivity contribution in [3.63, 3.8) is 0 Å². The number of amides is 1. The Morgan fingerprint density at radius 3 is 2.39 bits per heavy atom. The summed E-state index contributed by atoms with van der Waals surface area (Å²) >= 11 is 1.27. The van der Waals surface area contributed by atoms with Crippen molar-refractivity contribution in [3.05, 3.63) is 59.8 Å². The number of benzene rings is 2. The van der Waals surface area contributed by atoms with Gasteiger partial charge in [-0.05, 0) is 55.0 Å². The van der Waals surface area contributed by atoms with Crippen molar-refractivity contribution < 1.29 is 24.1 Å². The summed E-state index contributed by atoms with van der Waals surface area (Å²) in [7, 11) is 3.20. The molecule has 1 unspecified atom stereocenters. The van der Waals surface area contributed by atoms with Crippen molar-refractivity contribution in [2.75, 3.05) is 38.1 Å². The molecule has 0 saturated heterocycles. The molecule has 1 amide bonds. The molecule has 3 aromatic rings. The largest absolute Gasteiger partial charge is 0.497 e. The molecule has 176 valence electrons. The third-order valence-electron chi connectivity index (χ3n) is 4.77. The van der Waals surface area contributed by atoms with Crippen molar-refractivity contribution in [2.24, 2.45) is 0 Å². The summed E-state index contributed by atoms with van der Waals surface area (Å²) in [6.45, 7) is 2.99. The number of aromatic nitrogens is 1. The molecular formula is C24H29N3O5S. The van der Waals surface area contributed by atoms with Gasteiger partial charge in [-0.25, -0.2) is 4.98 Å². The number of nitrogens with one attached hydrogen (secondary N) is 2. The van der Waals surface area contributed by atoms with Crippen LogP contribution in [0.3, 0.4) is 0 Å². The molecular weight excluding hydrogens is 442 g/mol. The van der Waals surface area contributed by atoms with E-state index >= 15 is 0 Å². The van der Waals surface area contributed by atoms with Crippen LogP contribution in [0.1, 0.15) is 41.9 Å². The fourth-order valence-electron chi connectivity index (χ4n) is 3.03. The van der Waals surface area contributed by atoms with Gasteiger partial charge in [0.05, 0.1) is 19.8 Å². The van der Waals surface area contributed by atoms with Gasteiger partial charge in [0, 0.05) is 18.4 Å². The Balaban J connectivity index is 1.75. The summed E-state index contributed by atoms with van der Waals surface area (Å²) in [6.07, 6.45) is 0.560. The smallest absolute Gasteiger partial charge is 0.256 e. The first-order valence-corrected chi connectivity index (χ1v) is 11.5. The quantitative estimate of drug-likeness (QED) is 0.319. The number of rotatable bonds is 12. The van der Waals surface area contributed by atoms with Gasteiger partial charge in [0.2, 0.25) is 0 Å². The minimum Gasteiger partial charge on any atom is -0.497 e. The Hall–Kier alpha value is -3.14. The summed E-state index contributed by atoms with van der Waals surface area (Å²) in [4.78, 5) is 17.3. The molecule has 33 heavy (non-hydrogen) atoms. The summed E-state index contributed by atoms with van der Waals surface area (Å²) in [5.41, 5.74) is 1.75. The molecule has 1 aromatic heterocycles.